The smallest absolute Gasteiger partial charge is 0.416 e. The zero-order valence-corrected chi connectivity index (χ0v) is 27.7. The summed E-state index contributed by atoms with van der Waals surface area (Å²) in [4.78, 5) is 29.7. The summed E-state index contributed by atoms with van der Waals surface area (Å²) in [5.41, 5.74) is -0.997. The van der Waals surface area contributed by atoms with Crippen LogP contribution in [-0.2, 0) is 15.7 Å². The first kappa shape index (κ1) is 34.9. The molecule has 1 saturated carbocycles. The second-order valence-electron chi connectivity index (χ2n) is 13.6. The fourth-order valence-corrected chi connectivity index (χ4v) is 8.13. The standard InChI is InChI=1S/C38H42F4N2O5/c1-48-18-17-27-20-43(21-33(27)31-16-13-28(38(40,41)42)19-32(31)24-7-9-26(10-8-24)35(45)46)36(47)37(39)23-44(29-5-3-4-6-29)22-34(37)25-11-14-30(49-2)15-12-25/h7-16,19,27,29,33-34H,3-6,17-18,20-23H2,1-2H3,(H,45,46)/t27-,33-,34-,37-/m0/s1. The summed E-state index contributed by atoms with van der Waals surface area (Å²) in [6.07, 6.45) is -0.00960. The van der Waals surface area contributed by atoms with Crippen molar-refractivity contribution in [2.45, 2.75) is 61.8 Å². The molecule has 6 rings (SSSR count). The Kier molecular flexibility index (Phi) is 10.0. The number of rotatable bonds is 10. The van der Waals surface area contributed by atoms with Gasteiger partial charge >= 0.3 is 12.1 Å². The van der Waals surface area contributed by atoms with E-state index in [4.69, 9.17) is 9.47 Å². The van der Waals surface area contributed by atoms with Gasteiger partial charge in [-0.1, -0.05) is 43.2 Å². The number of carboxylic acid groups (broad SMARTS) is 1. The van der Waals surface area contributed by atoms with Crippen molar-refractivity contribution in [3.8, 4) is 16.9 Å². The van der Waals surface area contributed by atoms with Crippen molar-refractivity contribution in [3.05, 3.63) is 89.0 Å². The van der Waals surface area contributed by atoms with Crippen molar-refractivity contribution in [3.63, 3.8) is 0 Å². The number of hydrogen-bond donors (Lipinski definition) is 1. The Morgan fingerprint density at radius 2 is 1.63 bits per heavy atom. The Hall–Kier alpha value is -3.96. The molecule has 2 saturated heterocycles. The second kappa shape index (κ2) is 14.1. The number of amides is 1. The Morgan fingerprint density at radius 3 is 2.24 bits per heavy atom. The maximum absolute atomic E-state index is 17.7. The van der Waals surface area contributed by atoms with Crippen molar-refractivity contribution in [2.24, 2.45) is 5.92 Å². The van der Waals surface area contributed by atoms with Gasteiger partial charge in [-0.2, -0.15) is 13.2 Å². The third-order valence-corrected chi connectivity index (χ3v) is 10.8. The van der Waals surface area contributed by atoms with Crippen LogP contribution in [0.1, 0.15) is 71.0 Å². The van der Waals surface area contributed by atoms with Crippen LogP contribution >= 0.6 is 0 Å². The van der Waals surface area contributed by atoms with E-state index in [2.05, 4.69) is 4.90 Å². The van der Waals surface area contributed by atoms with Gasteiger partial charge in [0.05, 0.1) is 18.2 Å². The lowest BCUT2D eigenvalue weighted by molar-refractivity contribution is -0.143. The summed E-state index contributed by atoms with van der Waals surface area (Å²) in [5, 5.41) is 9.39. The number of aromatic carboxylic acids is 1. The number of likely N-dealkylation sites (tertiary alicyclic amines) is 2. The molecular weight excluding hydrogens is 640 g/mol. The SMILES string of the molecule is COCC[C@H]1CN(C(=O)[C@]2(F)CN(C3CCCC3)C[C@H]2c2ccc(OC)cc2)C[C@@H]1c1ccc(C(F)(F)F)cc1-c1ccc(C(=O)O)cc1. The first-order valence-corrected chi connectivity index (χ1v) is 16.8. The van der Waals surface area contributed by atoms with Gasteiger partial charge in [0.1, 0.15) is 5.75 Å². The number of carbonyl (C=O) groups excluding carboxylic acids is 1. The van der Waals surface area contributed by atoms with Crippen LogP contribution in [0, 0.1) is 5.92 Å². The third kappa shape index (κ3) is 7.05. The van der Waals surface area contributed by atoms with Gasteiger partial charge in [-0.15, -0.1) is 0 Å². The molecule has 262 valence electrons. The predicted octanol–water partition coefficient (Wildman–Crippen LogP) is 7.41. The van der Waals surface area contributed by atoms with Gasteiger partial charge in [0.15, 0.2) is 0 Å². The molecule has 0 bridgehead atoms. The van der Waals surface area contributed by atoms with E-state index in [1.165, 1.54) is 30.3 Å². The molecule has 1 aliphatic carbocycles. The molecule has 11 heteroatoms. The van der Waals surface area contributed by atoms with Gasteiger partial charge in [-0.3, -0.25) is 9.69 Å². The minimum atomic E-state index is -4.61. The number of alkyl halides is 4. The van der Waals surface area contributed by atoms with Crippen LogP contribution < -0.4 is 4.74 Å². The lowest BCUT2D eigenvalue weighted by atomic mass is 9.82. The average molecular weight is 683 g/mol. The van der Waals surface area contributed by atoms with Crippen LogP contribution in [0.3, 0.4) is 0 Å². The molecule has 3 aromatic rings. The molecule has 49 heavy (non-hydrogen) atoms. The molecule has 0 unspecified atom stereocenters. The highest BCUT2D eigenvalue weighted by Crippen LogP contribution is 2.47. The molecule has 1 amide bonds. The van der Waals surface area contributed by atoms with Crippen LogP contribution in [0.5, 0.6) is 5.75 Å². The third-order valence-electron chi connectivity index (χ3n) is 10.8. The van der Waals surface area contributed by atoms with E-state index in [9.17, 15) is 27.9 Å². The maximum atomic E-state index is 17.7. The number of benzene rings is 3. The number of methoxy groups -OCH3 is 2. The van der Waals surface area contributed by atoms with Crippen LogP contribution in [0.2, 0.25) is 0 Å². The fraction of sp³-hybridized carbons (Fsp3) is 0.474. The molecule has 3 aromatic carbocycles. The highest BCUT2D eigenvalue weighted by Gasteiger charge is 2.57. The van der Waals surface area contributed by atoms with Crippen molar-refractivity contribution in [2.75, 3.05) is 47.0 Å². The van der Waals surface area contributed by atoms with Crippen LogP contribution in [-0.4, -0.2) is 85.5 Å². The first-order chi connectivity index (χ1) is 23.4. The van der Waals surface area contributed by atoms with Crippen LogP contribution in [0.4, 0.5) is 17.6 Å². The Labute approximate surface area is 283 Å². The van der Waals surface area contributed by atoms with E-state index in [0.717, 1.165) is 43.4 Å². The molecule has 7 nitrogen and oxygen atoms in total. The lowest BCUT2D eigenvalue weighted by Gasteiger charge is -2.31. The Balaban J connectivity index is 1.36. The van der Waals surface area contributed by atoms with Gasteiger partial charge < -0.3 is 19.5 Å². The number of carbonyl (C=O) groups is 2. The van der Waals surface area contributed by atoms with E-state index in [-0.39, 0.29) is 37.2 Å². The minimum absolute atomic E-state index is 0.00996. The summed E-state index contributed by atoms with van der Waals surface area (Å²) < 4.78 is 70.2. The summed E-state index contributed by atoms with van der Waals surface area (Å²) in [5.74, 6) is -2.43. The highest BCUT2D eigenvalue weighted by molar-refractivity contribution is 5.89. The second-order valence-corrected chi connectivity index (χ2v) is 13.6. The maximum Gasteiger partial charge on any atom is 0.416 e. The summed E-state index contributed by atoms with van der Waals surface area (Å²) in [6, 6.07) is 16.7. The Morgan fingerprint density at radius 1 is 0.939 bits per heavy atom. The van der Waals surface area contributed by atoms with E-state index >= 15 is 4.39 Å². The van der Waals surface area contributed by atoms with Crippen molar-refractivity contribution in [1.82, 2.24) is 9.80 Å². The monoisotopic (exact) mass is 682 g/mol. The lowest BCUT2D eigenvalue weighted by Crippen LogP contribution is -2.50. The van der Waals surface area contributed by atoms with Gasteiger partial charge in [-0.25, -0.2) is 9.18 Å². The molecule has 4 atom stereocenters. The van der Waals surface area contributed by atoms with E-state index in [1.807, 2.05) is 12.1 Å². The zero-order valence-electron chi connectivity index (χ0n) is 27.7. The molecule has 3 fully saturated rings. The predicted molar refractivity (Wildman–Crippen MR) is 177 cm³/mol. The van der Waals surface area contributed by atoms with Gasteiger partial charge in [0, 0.05) is 57.8 Å². The number of halogens is 4. The first-order valence-electron chi connectivity index (χ1n) is 16.8. The molecule has 0 aromatic heterocycles. The van der Waals surface area contributed by atoms with Gasteiger partial charge in [0.2, 0.25) is 5.67 Å². The molecule has 0 radical (unpaired) electrons. The summed E-state index contributed by atoms with van der Waals surface area (Å²) >= 11 is 0. The largest absolute Gasteiger partial charge is 0.497 e. The van der Waals surface area contributed by atoms with Crippen molar-refractivity contribution in [1.29, 1.82) is 0 Å². The molecule has 0 spiro atoms. The molecule has 2 aliphatic heterocycles. The number of carboxylic acids is 1. The van der Waals surface area contributed by atoms with E-state index in [1.54, 1.807) is 31.3 Å². The average Bonchev–Trinajstić information content (AvgIpc) is 3.86. The number of nitrogens with zero attached hydrogens (tertiary/aromatic N) is 2. The summed E-state index contributed by atoms with van der Waals surface area (Å²) in [6.45, 7) is 1.12. The van der Waals surface area contributed by atoms with Gasteiger partial charge in [0.25, 0.3) is 5.91 Å². The van der Waals surface area contributed by atoms with Gasteiger partial charge in [-0.05, 0) is 83.8 Å². The van der Waals surface area contributed by atoms with E-state index in [0.29, 0.717) is 42.0 Å². The van der Waals surface area contributed by atoms with E-state index < -0.39 is 41.1 Å². The molecule has 3 aliphatic rings. The molecular formula is C38H42F4N2O5. The molecule has 2 heterocycles. The number of ether oxygens (including phenoxy) is 2. The van der Waals surface area contributed by atoms with Crippen molar-refractivity contribution < 1.29 is 41.7 Å². The number of hydrogen-bond acceptors (Lipinski definition) is 5. The summed E-state index contributed by atoms with van der Waals surface area (Å²) in [7, 11) is 3.12. The molecule has 1 N–H and O–H groups in total. The van der Waals surface area contributed by atoms with Crippen LogP contribution in [0.15, 0.2) is 66.7 Å². The topological polar surface area (TPSA) is 79.3 Å². The van der Waals surface area contributed by atoms with Crippen LogP contribution in [0.25, 0.3) is 11.1 Å². The fourth-order valence-electron chi connectivity index (χ4n) is 8.13. The highest BCUT2D eigenvalue weighted by atomic mass is 19.4. The van der Waals surface area contributed by atoms with Crippen molar-refractivity contribution >= 4 is 11.9 Å². The minimum Gasteiger partial charge on any atom is -0.497 e. The normalized spacial score (nSPS) is 24.9. The Bertz CT molecular complexity index is 1640. The quantitative estimate of drug-likeness (QED) is 0.225. The zero-order chi connectivity index (χ0) is 34.9.